The summed E-state index contributed by atoms with van der Waals surface area (Å²) < 4.78 is 0. The monoisotopic (exact) mass is 421 g/mol. The fraction of sp³-hybridized carbons (Fsp3) is 0.360. The van der Waals surface area contributed by atoms with Crippen LogP contribution in [0.3, 0.4) is 0 Å². The van der Waals surface area contributed by atoms with E-state index < -0.39 is 0 Å². The van der Waals surface area contributed by atoms with Gasteiger partial charge in [-0.05, 0) is 49.3 Å². The molecule has 2 amide bonds. The van der Waals surface area contributed by atoms with Crippen molar-refractivity contribution in [1.82, 2.24) is 9.80 Å². The Morgan fingerprint density at radius 3 is 2.55 bits per heavy atom. The van der Waals surface area contributed by atoms with Gasteiger partial charge in [0, 0.05) is 44.0 Å². The van der Waals surface area contributed by atoms with E-state index in [9.17, 15) is 14.7 Å². The second-order valence-corrected chi connectivity index (χ2v) is 8.57. The second-order valence-electron chi connectivity index (χ2n) is 8.57. The van der Waals surface area contributed by atoms with Crippen molar-refractivity contribution < 1.29 is 14.7 Å². The maximum atomic E-state index is 13.2. The summed E-state index contributed by atoms with van der Waals surface area (Å²) >= 11 is 0. The van der Waals surface area contributed by atoms with Gasteiger partial charge in [0.05, 0.1) is 5.56 Å². The number of carbonyl (C=O) groups excluding carboxylic acids is 2. The van der Waals surface area contributed by atoms with Gasteiger partial charge >= 0.3 is 0 Å². The highest BCUT2D eigenvalue weighted by Crippen LogP contribution is 2.34. The average Bonchev–Trinajstić information content (AvgIpc) is 3.17. The smallest absolute Gasteiger partial charge is 0.258 e. The zero-order valence-corrected chi connectivity index (χ0v) is 18.9. The van der Waals surface area contributed by atoms with Crippen LogP contribution in [-0.4, -0.2) is 54.4 Å². The molecule has 0 aromatic heterocycles. The molecule has 0 atom stereocenters. The highest BCUT2D eigenvalue weighted by atomic mass is 16.3. The lowest BCUT2D eigenvalue weighted by Crippen LogP contribution is -2.27. The van der Waals surface area contributed by atoms with E-state index in [1.807, 2.05) is 49.3 Å². The van der Waals surface area contributed by atoms with Crippen LogP contribution in [0.25, 0.3) is 0 Å². The summed E-state index contributed by atoms with van der Waals surface area (Å²) in [5, 5.41) is 10.3. The van der Waals surface area contributed by atoms with Crippen molar-refractivity contribution in [2.75, 3.05) is 32.6 Å². The quantitative estimate of drug-likeness (QED) is 0.722. The summed E-state index contributed by atoms with van der Waals surface area (Å²) in [7, 11) is 5.64. The Morgan fingerprint density at radius 1 is 1.13 bits per heavy atom. The SMILES string of the molecule is CC(C)c1ccc(O)c(C(=O)N2Cc3cccc(N(C)C(=O)/C=C/CN(C)C)c3C2)c1. The molecule has 6 heteroatoms. The third kappa shape index (κ3) is 4.97. The Balaban J connectivity index is 1.82. The molecule has 1 N–H and O–H groups in total. The van der Waals surface area contributed by atoms with Crippen LogP contribution in [0, 0.1) is 0 Å². The van der Waals surface area contributed by atoms with Crippen LogP contribution in [0.5, 0.6) is 5.75 Å². The molecule has 6 nitrogen and oxygen atoms in total. The predicted molar refractivity (Wildman–Crippen MR) is 123 cm³/mol. The summed E-state index contributed by atoms with van der Waals surface area (Å²) in [6.45, 7) is 5.64. The first-order valence-corrected chi connectivity index (χ1v) is 10.5. The van der Waals surface area contributed by atoms with E-state index in [1.54, 1.807) is 35.1 Å². The first-order valence-electron chi connectivity index (χ1n) is 10.5. The first kappa shape index (κ1) is 22.6. The summed E-state index contributed by atoms with van der Waals surface area (Å²) in [5.41, 5.74) is 4.10. The van der Waals surface area contributed by atoms with Crippen molar-refractivity contribution in [1.29, 1.82) is 0 Å². The number of rotatable bonds is 6. The fourth-order valence-electron chi connectivity index (χ4n) is 3.71. The maximum absolute atomic E-state index is 13.2. The summed E-state index contributed by atoms with van der Waals surface area (Å²) in [6, 6.07) is 11.0. The van der Waals surface area contributed by atoms with E-state index in [0.717, 1.165) is 22.4 Å². The third-order valence-electron chi connectivity index (χ3n) is 5.59. The number of fused-ring (bicyclic) bond motifs is 1. The Labute approximate surface area is 184 Å². The lowest BCUT2D eigenvalue weighted by Gasteiger charge is -2.20. The van der Waals surface area contributed by atoms with Crippen LogP contribution in [0.1, 0.15) is 46.8 Å². The van der Waals surface area contributed by atoms with Crippen molar-refractivity contribution >= 4 is 17.5 Å². The highest BCUT2D eigenvalue weighted by Gasteiger charge is 2.29. The first-order chi connectivity index (χ1) is 14.7. The summed E-state index contributed by atoms with van der Waals surface area (Å²) in [6.07, 6.45) is 3.41. The van der Waals surface area contributed by atoms with Crippen molar-refractivity contribution in [2.24, 2.45) is 0 Å². The molecule has 0 fully saturated rings. The molecular weight excluding hydrogens is 390 g/mol. The Morgan fingerprint density at radius 2 is 1.87 bits per heavy atom. The van der Waals surface area contributed by atoms with Gasteiger partial charge in [-0.15, -0.1) is 0 Å². The predicted octanol–water partition coefficient (Wildman–Crippen LogP) is 3.75. The van der Waals surface area contributed by atoms with Crippen LogP contribution in [-0.2, 0) is 17.9 Å². The molecule has 0 aliphatic carbocycles. The second kappa shape index (κ2) is 9.35. The van der Waals surface area contributed by atoms with Gasteiger partial charge in [-0.25, -0.2) is 0 Å². The van der Waals surface area contributed by atoms with Gasteiger partial charge in [-0.2, -0.15) is 0 Å². The number of hydrogen-bond donors (Lipinski definition) is 1. The minimum absolute atomic E-state index is 0.0103. The molecule has 164 valence electrons. The van der Waals surface area contributed by atoms with Gasteiger partial charge in [-0.1, -0.05) is 38.1 Å². The molecule has 31 heavy (non-hydrogen) atoms. The minimum Gasteiger partial charge on any atom is -0.507 e. The summed E-state index contributed by atoms with van der Waals surface area (Å²) in [5.74, 6) is -0.0667. The Bertz CT molecular complexity index is 1010. The molecule has 0 saturated carbocycles. The van der Waals surface area contributed by atoms with Crippen molar-refractivity contribution in [2.45, 2.75) is 32.9 Å². The van der Waals surface area contributed by atoms with Crippen molar-refractivity contribution in [3.05, 3.63) is 70.8 Å². The number of nitrogens with zero attached hydrogens (tertiary/aromatic N) is 3. The zero-order valence-electron chi connectivity index (χ0n) is 18.9. The molecule has 2 aromatic rings. The van der Waals surface area contributed by atoms with E-state index in [-0.39, 0.29) is 23.5 Å². The van der Waals surface area contributed by atoms with Gasteiger partial charge in [0.2, 0.25) is 5.91 Å². The van der Waals surface area contributed by atoms with Crippen LogP contribution in [0.2, 0.25) is 0 Å². The molecule has 0 radical (unpaired) electrons. The number of aromatic hydroxyl groups is 1. The standard InChI is InChI=1S/C25H31N3O3/c1-17(2)18-11-12-23(29)20(14-18)25(31)28-15-19-8-6-9-22(21(19)16-28)27(5)24(30)10-7-13-26(3)4/h6-12,14,17,29H,13,15-16H2,1-5H3/b10-7+. The fourth-order valence-corrected chi connectivity index (χ4v) is 3.71. The van der Waals surface area contributed by atoms with Crippen LogP contribution >= 0.6 is 0 Å². The Hall–Kier alpha value is -3.12. The molecule has 0 bridgehead atoms. The number of likely N-dealkylation sites (N-methyl/N-ethyl adjacent to an activating group) is 2. The zero-order chi connectivity index (χ0) is 22.7. The van der Waals surface area contributed by atoms with E-state index in [2.05, 4.69) is 13.8 Å². The van der Waals surface area contributed by atoms with Gasteiger partial charge in [0.1, 0.15) is 5.75 Å². The van der Waals surface area contributed by atoms with E-state index in [4.69, 9.17) is 0 Å². The molecule has 3 rings (SSSR count). The average molecular weight is 422 g/mol. The number of hydrogen-bond acceptors (Lipinski definition) is 4. The van der Waals surface area contributed by atoms with E-state index in [1.165, 1.54) is 0 Å². The molecule has 0 unspecified atom stereocenters. The van der Waals surface area contributed by atoms with Gasteiger partial charge < -0.3 is 19.8 Å². The number of benzene rings is 2. The number of phenols is 1. The van der Waals surface area contributed by atoms with E-state index >= 15 is 0 Å². The van der Waals surface area contributed by atoms with Crippen molar-refractivity contribution in [3.8, 4) is 5.75 Å². The number of anilines is 1. The highest BCUT2D eigenvalue weighted by molar-refractivity contribution is 6.02. The topological polar surface area (TPSA) is 64.1 Å². The normalized spacial score (nSPS) is 13.3. The largest absolute Gasteiger partial charge is 0.507 e. The number of carbonyl (C=O) groups is 2. The Kier molecular flexibility index (Phi) is 6.81. The van der Waals surface area contributed by atoms with Crippen molar-refractivity contribution in [3.63, 3.8) is 0 Å². The van der Waals surface area contributed by atoms with Crippen LogP contribution in [0.15, 0.2) is 48.6 Å². The molecule has 2 aromatic carbocycles. The van der Waals surface area contributed by atoms with Gasteiger partial charge in [0.25, 0.3) is 5.91 Å². The van der Waals surface area contributed by atoms with E-state index in [0.29, 0.717) is 25.2 Å². The molecule has 1 aliphatic rings. The van der Waals surface area contributed by atoms with Gasteiger partial charge in [-0.3, -0.25) is 9.59 Å². The molecule has 0 spiro atoms. The molecular formula is C25H31N3O3. The minimum atomic E-state index is -0.206. The molecule has 1 aliphatic heterocycles. The lowest BCUT2D eigenvalue weighted by molar-refractivity contribution is -0.113. The third-order valence-corrected chi connectivity index (χ3v) is 5.59. The number of phenolic OH excluding ortho intramolecular Hbond substituents is 1. The molecule has 0 saturated heterocycles. The number of amides is 2. The van der Waals surface area contributed by atoms with Crippen LogP contribution < -0.4 is 4.90 Å². The molecule has 1 heterocycles. The summed E-state index contributed by atoms with van der Waals surface area (Å²) in [4.78, 5) is 31.1. The maximum Gasteiger partial charge on any atom is 0.258 e. The lowest BCUT2D eigenvalue weighted by atomic mass is 10.00. The van der Waals surface area contributed by atoms with Crippen LogP contribution in [0.4, 0.5) is 5.69 Å². The van der Waals surface area contributed by atoms with Gasteiger partial charge in [0.15, 0.2) is 0 Å².